The van der Waals surface area contributed by atoms with Gasteiger partial charge in [-0.2, -0.15) is 5.10 Å². The fraction of sp³-hybridized carbons (Fsp3) is 0.643. The quantitative estimate of drug-likeness (QED) is 0.762. The van der Waals surface area contributed by atoms with E-state index in [1.807, 2.05) is 0 Å². The Labute approximate surface area is 118 Å². The van der Waals surface area contributed by atoms with Crippen molar-refractivity contribution in [3.05, 3.63) is 22.9 Å². The van der Waals surface area contributed by atoms with Crippen LogP contribution in [0, 0.1) is 5.41 Å². The number of aromatic nitrogens is 4. The largest absolute Gasteiger partial charge is 0.369 e. The normalized spacial score (nSPS) is 11.9. The van der Waals surface area contributed by atoms with Crippen LogP contribution >= 0.6 is 0 Å². The summed E-state index contributed by atoms with van der Waals surface area (Å²) in [6.45, 7) is 7.59. The lowest BCUT2D eigenvalue weighted by atomic mass is 9.87. The molecule has 0 aliphatic carbocycles. The predicted octanol–water partition coefficient (Wildman–Crippen LogP) is 2.44. The molecule has 2 N–H and O–H groups in total. The molecular weight excluding hydrogens is 254 g/mol. The second-order valence-electron chi connectivity index (χ2n) is 6.01. The first-order valence-corrected chi connectivity index (χ1v) is 7.18. The van der Waals surface area contributed by atoms with Gasteiger partial charge in [0.2, 0.25) is 0 Å². The minimum Gasteiger partial charge on any atom is -0.369 e. The van der Waals surface area contributed by atoms with E-state index in [0.29, 0.717) is 5.65 Å². The van der Waals surface area contributed by atoms with E-state index in [9.17, 15) is 4.79 Å². The SMILES string of the molecule is CCCCCC(C)(C)CNc1cc2n[nH]c(=O)n2cn1. The molecule has 0 saturated heterocycles. The average molecular weight is 277 g/mol. The van der Waals surface area contributed by atoms with Gasteiger partial charge in [-0.05, 0) is 11.8 Å². The Morgan fingerprint density at radius 3 is 2.95 bits per heavy atom. The van der Waals surface area contributed by atoms with Crippen molar-refractivity contribution in [3.63, 3.8) is 0 Å². The number of hydrogen-bond donors (Lipinski definition) is 2. The van der Waals surface area contributed by atoms with Crippen molar-refractivity contribution in [2.24, 2.45) is 5.41 Å². The zero-order valence-electron chi connectivity index (χ0n) is 12.4. The molecule has 0 amide bonds. The summed E-state index contributed by atoms with van der Waals surface area (Å²) >= 11 is 0. The third-order valence-electron chi connectivity index (χ3n) is 3.51. The second kappa shape index (κ2) is 6.07. The maximum atomic E-state index is 11.3. The maximum Gasteiger partial charge on any atom is 0.348 e. The van der Waals surface area contributed by atoms with Gasteiger partial charge in [-0.25, -0.2) is 19.3 Å². The Morgan fingerprint density at radius 2 is 2.20 bits per heavy atom. The van der Waals surface area contributed by atoms with Gasteiger partial charge in [0, 0.05) is 12.6 Å². The van der Waals surface area contributed by atoms with Crippen molar-refractivity contribution < 1.29 is 0 Å². The van der Waals surface area contributed by atoms with E-state index >= 15 is 0 Å². The highest BCUT2D eigenvalue weighted by Crippen LogP contribution is 2.24. The van der Waals surface area contributed by atoms with Crippen LogP contribution in [0.15, 0.2) is 17.2 Å². The van der Waals surface area contributed by atoms with Crippen molar-refractivity contribution in [3.8, 4) is 0 Å². The molecule has 0 aliphatic heterocycles. The van der Waals surface area contributed by atoms with Crippen LogP contribution in [0.5, 0.6) is 0 Å². The molecule has 0 aromatic carbocycles. The molecule has 0 saturated carbocycles. The van der Waals surface area contributed by atoms with Crippen molar-refractivity contribution in [2.45, 2.75) is 46.5 Å². The lowest BCUT2D eigenvalue weighted by molar-refractivity contribution is 0.342. The van der Waals surface area contributed by atoms with E-state index in [1.165, 1.54) is 36.4 Å². The molecule has 2 aromatic rings. The Kier molecular flexibility index (Phi) is 4.42. The summed E-state index contributed by atoms with van der Waals surface area (Å²) in [5, 5.41) is 9.66. The molecule has 2 rings (SSSR count). The number of nitrogens with zero attached hydrogens (tertiary/aromatic N) is 3. The first-order chi connectivity index (χ1) is 9.52. The highest BCUT2D eigenvalue weighted by atomic mass is 16.1. The Bertz CT molecular complexity index is 613. The van der Waals surface area contributed by atoms with Crippen LogP contribution in [0.25, 0.3) is 5.65 Å². The van der Waals surface area contributed by atoms with E-state index in [0.717, 1.165) is 12.4 Å². The van der Waals surface area contributed by atoms with E-state index in [4.69, 9.17) is 0 Å². The van der Waals surface area contributed by atoms with Crippen LogP contribution in [0.4, 0.5) is 5.82 Å². The molecule has 6 nitrogen and oxygen atoms in total. The van der Waals surface area contributed by atoms with E-state index < -0.39 is 0 Å². The smallest absolute Gasteiger partial charge is 0.348 e. The average Bonchev–Trinajstić information content (AvgIpc) is 2.78. The number of unbranched alkanes of at least 4 members (excludes halogenated alkanes) is 2. The summed E-state index contributed by atoms with van der Waals surface area (Å²) in [6, 6.07) is 1.78. The van der Waals surface area contributed by atoms with Gasteiger partial charge in [0.1, 0.15) is 12.1 Å². The van der Waals surface area contributed by atoms with Crippen LogP contribution in [-0.2, 0) is 0 Å². The lowest BCUT2D eigenvalue weighted by Gasteiger charge is -2.25. The lowest BCUT2D eigenvalue weighted by Crippen LogP contribution is -2.23. The molecule has 0 bridgehead atoms. The van der Waals surface area contributed by atoms with E-state index in [2.05, 4.69) is 41.3 Å². The summed E-state index contributed by atoms with van der Waals surface area (Å²) in [4.78, 5) is 15.6. The van der Waals surface area contributed by atoms with E-state index in [1.54, 1.807) is 6.07 Å². The summed E-state index contributed by atoms with van der Waals surface area (Å²) in [7, 11) is 0. The molecule has 0 fully saturated rings. The third kappa shape index (κ3) is 3.59. The van der Waals surface area contributed by atoms with Gasteiger partial charge in [0.25, 0.3) is 0 Å². The highest BCUT2D eigenvalue weighted by Gasteiger charge is 2.17. The Balaban J connectivity index is 1.96. The molecule has 110 valence electrons. The van der Waals surface area contributed by atoms with Crippen LogP contribution in [0.2, 0.25) is 0 Å². The van der Waals surface area contributed by atoms with Crippen LogP contribution in [-0.4, -0.2) is 26.1 Å². The van der Waals surface area contributed by atoms with Crippen LogP contribution < -0.4 is 11.0 Å². The fourth-order valence-corrected chi connectivity index (χ4v) is 2.18. The standard InChI is InChI=1S/C14H23N5O/c1-4-5-6-7-14(2,3)9-15-11-8-12-17-18-13(20)19(12)10-16-11/h8,10,15H,4-7,9H2,1-3H3,(H,18,20). The minimum absolute atomic E-state index is 0.230. The fourth-order valence-electron chi connectivity index (χ4n) is 2.18. The van der Waals surface area contributed by atoms with Crippen molar-refractivity contribution in [1.29, 1.82) is 0 Å². The molecule has 20 heavy (non-hydrogen) atoms. The van der Waals surface area contributed by atoms with Crippen LogP contribution in [0.1, 0.15) is 46.5 Å². The van der Waals surface area contributed by atoms with Crippen molar-refractivity contribution in [2.75, 3.05) is 11.9 Å². The van der Waals surface area contributed by atoms with Gasteiger partial charge in [-0.1, -0.05) is 40.0 Å². The number of fused-ring (bicyclic) bond motifs is 1. The van der Waals surface area contributed by atoms with Crippen LogP contribution in [0.3, 0.4) is 0 Å². The molecular formula is C14H23N5O. The first kappa shape index (κ1) is 14.6. The predicted molar refractivity (Wildman–Crippen MR) is 80.0 cm³/mol. The monoisotopic (exact) mass is 277 g/mol. The highest BCUT2D eigenvalue weighted by molar-refractivity contribution is 5.48. The molecule has 0 aliphatic rings. The molecule has 0 atom stereocenters. The number of H-pyrrole nitrogens is 1. The van der Waals surface area contributed by atoms with Gasteiger partial charge < -0.3 is 5.32 Å². The molecule has 0 spiro atoms. The van der Waals surface area contributed by atoms with Crippen molar-refractivity contribution >= 4 is 11.5 Å². The first-order valence-electron chi connectivity index (χ1n) is 7.18. The van der Waals surface area contributed by atoms with Gasteiger partial charge >= 0.3 is 5.69 Å². The van der Waals surface area contributed by atoms with E-state index in [-0.39, 0.29) is 11.1 Å². The summed E-state index contributed by atoms with van der Waals surface area (Å²) in [6.07, 6.45) is 6.47. The second-order valence-corrected chi connectivity index (χ2v) is 6.01. The zero-order valence-corrected chi connectivity index (χ0v) is 12.4. The minimum atomic E-state index is -0.265. The zero-order chi connectivity index (χ0) is 14.6. The Morgan fingerprint density at radius 1 is 1.40 bits per heavy atom. The number of aromatic amines is 1. The maximum absolute atomic E-state index is 11.3. The summed E-state index contributed by atoms with van der Waals surface area (Å²) in [5.41, 5.74) is 0.545. The van der Waals surface area contributed by atoms with Gasteiger partial charge in [0.15, 0.2) is 5.65 Å². The topological polar surface area (TPSA) is 75.1 Å². The molecule has 0 radical (unpaired) electrons. The van der Waals surface area contributed by atoms with Gasteiger partial charge in [-0.3, -0.25) is 0 Å². The third-order valence-corrected chi connectivity index (χ3v) is 3.51. The Hall–Kier alpha value is -1.85. The summed E-state index contributed by atoms with van der Waals surface area (Å²) < 4.78 is 1.39. The number of anilines is 1. The molecule has 2 heterocycles. The molecule has 2 aromatic heterocycles. The van der Waals surface area contributed by atoms with Crippen molar-refractivity contribution in [1.82, 2.24) is 19.6 Å². The molecule has 6 heteroatoms. The number of rotatable bonds is 7. The molecule has 0 unspecified atom stereocenters. The number of nitrogens with one attached hydrogen (secondary N) is 2. The number of hydrogen-bond acceptors (Lipinski definition) is 4. The summed E-state index contributed by atoms with van der Waals surface area (Å²) in [5.74, 6) is 0.750. The van der Waals surface area contributed by atoms with Gasteiger partial charge in [-0.15, -0.1) is 0 Å². The van der Waals surface area contributed by atoms with Gasteiger partial charge in [0.05, 0.1) is 0 Å².